The van der Waals surface area contributed by atoms with Gasteiger partial charge in [-0.3, -0.25) is 4.57 Å². The van der Waals surface area contributed by atoms with Crippen LogP contribution in [0.5, 0.6) is 0 Å². The molecule has 17 heavy (non-hydrogen) atoms. The fraction of sp³-hybridized carbons (Fsp3) is 0.889. The van der Waals surface area contributed by atoms with Crippen molar-refractivity contribution in [3.05, 3.63) is 0 Å². The number of oxime groups is 1. The largest absolute Gasteiger partial charge is 0.381 e. The van der Waals surface area contributed by atoms with Crippen molar-refractivity contribution in [3.63, 3.8) is 0 Å². The van der Waals surface area contributed by atoms with Crippen LogP contribution in [0.2, 0.25) is 0 Å². The van der Waals surface area contributed by atoms with Gasteiger partial charge >= 0.3 is 11.2 Å². The Morgan fingerprint density at radius 2 is 1.76 bits per heavy atom. The smallest absolute Gasteiger partial charge is 0.316 e. The molecule has 0 amide bonds. The zero-order valence-corrected chi connectivity index (χ0v) is 13.3. The lowest BCUT2D eigenvalue weighted by atomic mass is 10.4. The summed E-state index contributed by atoms with van der Waals surface area (Å²) in [5.74, 6) is -1.58. The highest BCUT2D eigenvalue weighted by molar-refractivity contribution is 8.89. The van der Waals surface area contributed by atoms with Crippen molar-refractivity contribution in [1.29, 1.82) is 0 Å². The number of hydrogen-bond acceptors (Lipinski definition) is 5. The van der Waals surface area contributed by atoms with E-state index in [-0.39, 0.29) is 0 Å². The summed E-state index contributed by atoms with van der Waals surface area (Å²) >= 11 is 7.33. The molecule has 0 radical (unpaired) electrons. The van der Waals surface area contributed by atoms with Gasteiger partial charge in [0.15, 0.2) is 0 Å². The van der Waals surface area contributed by atoms with E-state index in [2.05, 4.69) is 5.16 Å². The van der Waals surface area contributed by atoms with E-state index < -0.39 is 11.2 Å². The van der Waals surface area contributed by atoms with Crippen LogP contribution in [0.3, 0.4) is 0 Å². The Balaban J connectivity index is 4.24. The molecule has 0 fully saturated rings. The normalized spacial score (nSPS) is 12.8. The summed E-state index contributed by atoms with van der Waals surface area (Å²) in [5.41, 5.74) is -1.22. The first-order valence-electron chi connectivity index (χ1n) is 5.51. The average molecular weight is 322 g/mol. The second-order valence-corrected chi connectivity index (χ2v) is 11.1. The van der Waals surface area contributed by atoms with E-state index in [9.17, 15) is 8.96 Å². The van der Waals surface area contributed by atoms with Gasteiger partial charge < -0.3 is 4.62 Å². The lowest BCUT2D eigenvalue weighted by Crippen LogP contribution is -1.85. The Kier molecular flexibility index (Phi) is 10.9. The summed E-state index contributed by atoms with van der Waals surface area (Å²) in [6.07, 6.45) is 3.92. The lowest BCUT2D eigenvalue weighted by Gasteiger charge is -2.13. The van der Waals surface area contributed by atoms with Gasteiger partial charge in [-0.1, -0.05) is 26.7 Å². The van der Waals surface area contributed by atoms with Crippen molar-refractivity contribution in [1.82, 2.24) is 0 Å². The van der Waals surface area contributed by atoms with Crippen molar-refractivity contribution >= 4 is 45.6 Å². The van der Waals surface area contributed by atoms with E-state index >= 15 is 0 Å². The predicted molar refractivity (Wildman–Crippen MR) is 77.8 cm³/mol. The highest BCUT2D eigenvalue weighted by Gasteiger charge is 2.26. The third kappa shape index (κ3) is 10.2. The molecule has 0 atom stereocenters. The molecule has 0 aromatic carbocycles. The highest BCUT2D eigenvalue weighted by Crippen LogP contribution is 2.70. The third-order valence-corrected chi connectivity index (χ3v) is 8.92. The summed E-state index contributed by atoms with van der Waals surface area (Å²) in [6, 6.07) is 0. The molecule has 8 heteroatoms. The number of halogens is 2. The van der Waals surface area contributed by atoms with Crippen molar-refractivity contribution in [3.8, 4) is 0 Å². The fourth-order valence-electron chi connectivity index (χ4n) is 0.807. The van der Waals surface area contributed by atoms with E-state index in [1.807, 2.05) is 13.8 Å². The maximum Gasteiger partial charge on any atom is 0.381 e. The topological polar surface area (TPSA) is 38.7 Å². The van der Waals surface area contributed by atoms with E-state index in [4.69, 9.17) is 16.2 Å². The van der Waals surface area contributed by atoms with Crippen LogP contribution in [0, 0.1) is 0 Å². The SMILES string of the molecule is CCCCSP(=O)(O/N=C(\F)Cl)SCCCC. The van der Waals surface area contributed by atoms with Gasteiger partial charge in [0.05, 0.1) is 0 Å². The Labute approximate surface area is 115 Å². The zero-order chi connectivity index (χ0) is 13.1. The van der Waals surface area contributed by atoms with Gasteiger partial charge in [0.2, 0.25) is 0 Å². The summed E-state index contributed by atoms with van der Waals surface area (Å²) < 4.78 is 29.2. The minimum absolute atomic E-state index is 0.715. The van der Waals surface area contributed by atoms with Crippen LogP contribution in [0.25, 0.3) is 0 Å². The molecule has 0 aliphatic rings. The van der Waals surface area contributed by atoms with Crippen molar-refractivity contribution in [2.24, 2.45) is 5.16 Å². The molecule has 0 aromatic heterocycles. The minimum Gasteiger partial charge on any atom is -0.316 e. The van der Waals surface area contributed by atoms with Gasteiger partial charge in [-0.2, -0.15) is 4.39 Å². The Hall–Kier alpha value is 0.620. The van der Waals surface area contributed by atoms with Gasteiger partial charge in [0, 0.05) is 11.5 Å². The van der Waals surface area contributed by atoms with Crippen LogP contribution in [0.4, 0.5) is 4.39 Å². The molecule has 0 heterocycles. The minimum atomic E-state index is -3.01. The average Bonchev–Trinajstić information content (AvgIpc) is 2.27. The Bertz CT molecular complexity index is 264. The van der Waals surface area contributed by atoms with Gasteiger partial charge in [-0.15, -0.1) is 0 Å². The molecule has 0 bridgehead atoms. The molecule has 0 unspecified atom stereocenters. The highest BCUT2D eigenvalue weighted by atomic mass is 35.5. The van der Waals surface area contributed by atoms with Crippen molar-refractivity contribution in [2.75, 3.05) is 11.5 Å². The molecule has 0 saturated heterocycles. The second kappa shape index (κ2) is 10.5. The second-order valence-electron chi connectivity index (χ2n) is 3.23. The van der Waals surface area contributed by atoms with E-state index in [1.165, 1.54) is 22.8 Å². The summed E-state index contributed by atoms with van der Waals surface area (Å²) in [7, 11) is 0. The summed E-state index contributed by atoms with van der Waals surface area (Å²) in [4.78, 5) is 0. The Morgan fingerprint density at radius 3 is 2.12 bits per heavy atom. The summed E-state index contributed by atoms with van der Waals surface area (Å²) in [5, 5.41) is 2.96. The molecular weight excluding hydrogens is 304 g/mol. The number of hydrogen-bond donors (Lipinski definition) is 0. The Morgan fingerprint density at radius 1 is 1.29 bits per heavy atom. The maximum absolute atomic E-state index is 12.3. The van der Waals surface area contributed by atoms with Crippen LogP contribution in [-0.2, 0) is 9.19 Å². The predicted octanol–water partition coefficient (Wildman–Crippen LogP) is 5.66. The molecule has 102 valence electrons. The van der Waals surface area contributed by atoms with E-state index in [0.29, 0.717) is 11.5 Å². The van der Waals surface area contributed by atoms with Crippen LogP contribution < -0.4 is 0 Å². The molecule has 0 aromatic rings. The van der Waals surface area contributed by atoms with Crippen molar-refractivity contribution in [2.45, 2.75) is 39.5 Å². The van der Waals surface area contributed by atoms with Crippen LogP contribution >= 0.6 is 40.1 Å². The molecule has 0 aliphatic carbocycles. The summed E-state index contributed by atoms with van der Waals surface area (Å²) in [6.45, 7) is 4.10. The van der Waals surface area contributed by atoms with Crippen molar-refractivity contribution < 1.29 is 13.6 Å². The number of nitrogens with zero attached hydrogens (tertiary/aromatic N) is 1. The zero-order valence-electron chi connectivity index (χ0n) is 10.0. The monoisotopic (exact) mass is 321 g/mol. The molecule has 0 N–H and O–H groups in total. The van der Waals surface area contributed by atoms with Gasteiger partial charge in [-0.05, 0) is 52.4 Å². The standard InChI is InChI=1S/C9H18ClFNO2PS2/c1-3-5-7-16-15(13,14-12-9(10)11)17-8-6-4-2/h3-8H2,1-2H3/b12-9-. The molecule has 3 nitrogen and oxygen atoms in total. The first-order chi connectivity index (χ1) is 8.04. The maximum atomic E-state index is 12.3. The van der Waals surface area contributed by atoms with Gasteiger partial charge in [0.1, 0.15) is 0 Å². The van der Waals surface area contributed by atoms with Crippen LogP contribution in [-0.4, -0.2) is 16.9 Å². The molecule has 0 saturated carbocycles. The first-order valence-corrected chi connectivity index (χ1v) is 10.7. The van der Waals surface area contributed by atoms with Crippen LogP contribution in [0.1, 0.15) is 39.5 Å². The fourth-order valence-corrected chi connectivity index (χ4v) is 7.35. The molecule has 0 spiro atoms. The molecule has 0 aliphatic heterocycles. The van der Waals surface area contributed by atoms with Gasteiger partial charge in [-0.25, -0.2) is 0 Å². The van der Waals surface area contributed by atoms with Crippen LogP contribution in [0.15, 0.2) is 5.16 Å². The lowest BCUT2D eigenvalue weighted by molar-refractivity contribution is 0.354. The molecular formula is C9H18ClFNO2PS2. The quantitative estimate of drug-likeness (QED) is 0.225. The third-order valence-electron chi connectivity index (χ3n) is 1.70. The van der Waals surface area contributed by atoms with E-state index in [0.717, 1.165) is 25.7 Å². The number of unbranched alkanes of at least 4 members (excludes halogenated alkanes) is 2. The first kappa shape index (κ1) is 17.6. The van der Waals surface area contributed by atoms with Gasteiger partial charge in [0.25, 0.3) is 0 Å². The molecule has 0 rings (SSSR count). The number of rotatable bonds is 10. The van der Waals surface area contributed by atoms with E-state index in [1.54, 1.807) is 0 Å².